The van der Waals surface area contributed by atoms with Gasteiger partial charge in [-0.25, -0.2) is 18.3 Å². The Kier molecular flexibility index (Phi) is 3.88. The maximum atomic E-state index is 13.4. The van der Waals surface area contributed by atoms with Crippen molar-refractivity contribution in [1.29, 1.82) is 0 Å². The lowest BCUT2D eigenvalue weighted by atomic mass is 10.1. The number of fused-ring (bicyclic) bond motifs is 3. The van der Waals surface area contributed by atoms with Crippen molar-refractivity contribution >= 4 is 16.7 Å². The summed E-state index contributed by atoms with van der Waals surface area (Å²) in [5.74, 6) is -0.343. The second kappa shape index (κ2) is 6.56. The Labute approximate surface area is 161 Å². The molecule has 0 saturated heterocycles. The van der Waals surface area contributed by atoms with Crippen molar-refractivity contribution in [3.8, 4) is 11.1 Å². The van der Waals surface area contributed by atoms with Crippen LogP contribution >= 0.6 is 0 Å². The number of nitrogens with zero attached hydrogens (tertiary/aromatic N) is 8. The highest BCUT2D eigenvalue weighted by molar-refractivity contribution is 5.84. The van der Waals surface area contributed by atoms with Gasteiger partial charge in [0.1, 0.15) is 24.0 Å². The lowest BCUT2D eigenvalue weighted by molar-refractivity contribution is 0.181. The second-order valence-corrected chi connectivity index (χ2v) is 6.24. The molecule has 11 heteroatoms. The maximum Gasteiger partial charge on any atom is 0.299 e. The van der Waals surface area contributed by atoms with E-state index in [9.17, 15) is 9.18 Å². The average molecular weight is 392 g/mol. The minimum absolute atomic E-state index is 0.130. The van der Waals surface area contributed by atoms with Crippen molar-refractivity contribution in [2.75, 3.05) is 7.11 Å². The zero-order chi connectivity index (χ0) is 20.0. The van der Waals surface area contributed by atoms with Crippen LogP contribution in [0, 0.1) is 5.82 Å². The van der Waals surface area contributed by atoms with Gasteiger partial charge in [-0.2, -0.15) is 5.10 Å². The van der Waals surface area contributed by atoms with Crippen LogP contribution in [0.4, 0.5) is 4.39 Å². The number of pyridine rings is 1. The van der Waals surface area contributed by atoms with E-state index >= 15 is 0 Å². The van der Waals surface area contributed by atoms with Gasteiger partial charge in [-0.15, -0.1) is 20.4 Å². The number of methoxy groups -OCH3 is 1. The Bertz CT molecular complexity index is 1390. The fourth-order valence-electron chi connectivity index (χ4n) is 3.22. The Morgan fingerprint density at radius 2 is 1.83 bits per heavy atom. The van der Waals surface area contributed by atoms with Gasteiger partial charge >= 0.3 is 0 Å². The Morgan fingerprint density at radius 1 is 1.07 bits per heavy atom. The predicted molar refractivity (Wildman–Crippen MR) is 99.5 cm³/mol. The van der Waals surface area contributed by atoms with E-state index < -0.39 is 5.56 Å². The van der Waals surface area contributed by atoms with Crippen LogP contribution in [-0.2, 0) is 11.3 Å². The molecule has 0 aliphatic rings. The molecule has 0 unspecified atom stereocenters. The predicted octanol–water partition coefficient (Wildman–Crippen LogP) is 1.29. The molecule has 0 amide bonds. The Balaban J connectivity index is 1.80. The van der Waals surface area contributed by atoms with Crippen LogP contribution in [-0.4, -0.2) is 46.5 Å². The van der Waals surface area contributed by atoms with E-state index in [4.69, 9.17) is 4.74 Å². The summed E-state index contributed by atoms with van der Waals surface area (Å²) in [7, 11) is 1.56. The van der Waals surface area contributed by atoms with E-state index in [2.05, 4.69) is 25.5 Å². The molecule has 0 bridgehead atoms. The summed E-state index contributed by atoms with van der Waals surface area (Å²) in [5.41, 5.74) is 2.65. The molecule has 0 N–H and O–H groups in total. The largest absolute Gasteiger partial charge is 0.378 e. The topological polar surface area (TPSA) is 105 Å². The quantitative estimate of drug-likeness (QED) is 0.454. The number of hydrogen-bond donors (Lipinski definition) is 0. The molecule has 29 heavy (non-hydrogen) atoms. The summed E-state index contributed by atoms with van der Waals surface area (Å²) >= 11 is 0. The van der Waals surface area contributed by atoms with Gasteiger partial charge in [-0.1, -0.05) is 12.1 Å². The van der Waals surface area contributed by atoms with Gasteiger partial charge in [0.05, 0.1) is 17.9 Å². The molecule has 0 fully saturated rings. The molecule has 1 aromatic carbocycles. The second-order valence-electron chi connectivity index (χ2n) is 6.24. The number of ether oxygens (including phenoxy) is 1. The summed E-state index contributed by atoms with van der Waals surface area (Å²) in [6.45, 7) is 0.218. The van der Waals surface area contributed by atoms with Crippen LogP contribution in [0.2, 0.25) is 0 Å². The van der Waals surface area contributed by atoms with E-state index in [0.717, 1.165) is 5.56 Å². The van der Waals surface area contributed by atoms with Crippen LogP contribution in [0.5, 0.6) is 0 Å². The zero-order valence-corrected chi connectivity index (χ0v) is 15.1. The van der Waals surface area contributed by atoms with E-state index in [-0.39, 0.29) is 17.9 Å². The van der Waals surface area contributed by atoms with Crippen LogP contribution in [0.3, 0.4) is 0 Å². The standard InChI is InChI=1S/C18H13FN8O2/c1-29-8-13-15(11-2-4-12(19)5-3-11)17-23-22-16-14(27(17)24-13)6-7-26(18(16)28)25-9-20-21-10-25/h2-7,9-10H,8H2,1H3. The zero-order valence-electron chi connectivity index (χ0n) is 15.1. The molecule has 0 spiro atoms. The van der Waals surface area contributed by atoms with E-state index in [1.807, 2.05) is 0 Å². The number of hydrogen-bond acceptors (Lipinski definition) is 7. The van der Waals surface area contributed by atoms with Gasteiger partial charge < -0.3 is 4.74 Å². The normalized spacial score (nSPS) is 11.5. The van der Waals surface area contributed by atoms with E-state index in [1.54, 1.807) is 36.0 Å². The van der Waals surface area contributed by atoms with Crippen LogP contribution < -0.4 is 5.56 Å². The van der Waals surface area contributed by atoms with Crippen molar-refractivity contribution in [3.05, 3.63) is 71.0 Å². The molecule has 0 aliphatic heterocycles. The molecule has 0 saturated carbocycles. The first-order valence-corrected chi connectivity index (χ1v) is 8.57. The first kappa shape index (κ1) is 17.1. The minimum Gasteiger partial charge on any atom is -0.378 e. The molecule has 0 radical (unpaired) electrons. The molecule has 4 aromatic heterocycles. The smallest absolute Gasteiger partial charge is 0.299 e. The van der Waals surface area contributed by atoms with E-state index in [1.165, 1.54) is 34.1 Å². The highest BCUT2D eigenvalue weighted by Crippen LogP contribution is 2.29. The van der Waals surface area contributed by atoms with Gasteiger partial charge in [0.2, 0.25) is 0 Å². The first-order chi connectivity index (χ1) is 14.2. The molecule has 0 atom stereocenters. The van der Waals surface area contributed by atoms with Crippen LogP contribution in [0.1, 0.15) is 5.69 Å². The fraction of sp³-hybridized carbons (Fsp3) is 0.111. The maximum absolute atomic E-state index is 13.4. The third-order valence-electron chi connectivity index (χ3n) is 4.50. The summed E-state index contributed by atoms with van der Waals surface area (Å²) < 4.78 is 22.9. The molecule has 0 aliphatic carbocycles. The summed E-state index contributed by atoms with van der Waals surface area (Å²) in [5, 5.41) is 20.4. The van der Waals surface area contributed by atoms with E-state index in [0.29, 0.717) is 22.4 Å². The van der Waals surface area contributed by atoms with Crippen LogP contribution in [0.25, 0.3) is 27.8 Å². The highest BCUT2D eigenvalue weighted by atomic mass is 19.1. The van der Waals surface area contributed by atoms with Gasteiger partial charge in [0.25, 0.3) is 5.56 Å². The molecule has 10 nitrogen and oxygen atoms in total. The minimum atomic E-state index is -0.399. The molecular weight excluding hydrogens is 379 g/mol. The van der Waals surface area contributed by atoms with Gasteiger partial charge in [0.15, 0.2) is 11.2 Å². The summed E-state index contributed by atoms with van der Waals surface area (Å²) in [6, 6.07) is 7.71. The SMILES string of the molecule is COCc1nn2c(nnc3c(=O)n(-n4cnnc4)ccc32)c1-c1ccc(F)cc1. The lowest BCUT2D eigenvalue weighted by Gasteiger charge is -2.06. The number of rotatable bonds is 4. The number of benzene rings is 1. The van der Waals surface area contributed by atoms with Crippen molar-refractivity contribution in [3.63, 3.8) is 0 Å². The summed E-state index contributed by atoms with van der Waals surface area (Å²) in [6.07, 6.45) is 4.37. The van der Waals surface area contributed by atoms with Gasteiger partial charge in [-0.05, 0) is 23.8 Å². The van der Waals surface area contributed by atoms with Crippen molar-refractivity contribution in [1.82, 2.24) is 39.4 Å². The highest BCUT2D eigenvalue weighted by Gasteiger charge is 2.20. The number of aromatic nitrogens is 8. The molecule has 5 rings (SSSR count). The van der Waals surface area contributed by atoms with Gasteiger partial charge in [-0.3, -0.25) is 4.79 Å². The first-order valence-electron chi connectivity index (χ1n) is 8.57. The molecule has 5 aromatic rings. The third kappa shape index (κ3) is 2.67. The Morgan fingerprint density at radius 3 is 2.55 bits per heavy atom. The van der Waals surface area contributed by atoms with Crippen molar-refractivity contribution in [2.24, 2.45) is 0 Å². The molecular formula is C18H13FN8O2. The fourth-order valence-corrected chi connectivity index (χ4v) is 3.22. The van der Waals surface area contributed by atoms with Crippen molar-refractivity contribution < 1.29 is 9.13 Å². The molecule has 144 valence electrons. The Hall–Kier alpha value is -3.99. The molecule has 4 heterocycles. The average Bonchev–Trinajstić information content (AvgIpc) is 3.37. The lowest BCUT2D eigenvalue weighted by Crippen LogP contribution is -2.26. The third-order valence-corrected chi connectivity index (χ3v) is 4.50. The van der Waals surface area contributed by atoms with Crippen molar-refractivity contribution in [2.45, 2.75) is 6.61 Å². The van der Waals surface area contributed by atoms with Crippen LogP contribution in [0.15, 0.2) is 54.0 Å². The monoisotopic (exact) mass is 392 g/mol. The van der Waals surface area contributed by atoms with Gasteiger partial charge in [0, 0.05) is 13.3 Å². The number of halogens is 1. The summed E-state index contributed by atoms with van der Waals surface area (Å²) in [4.78, 5) is 12.9.